The number of ether oxygens (including phenoxy) is 3. The molecule has 0 fully saturated rings. The van der Waals surface area contributed by atoms with Crippen LogP contribution in [0.5, 0.6) is 23.0 Å². The van der Waals surface area contributed by atoms with Gasteiger partial charge < -0.3 is 19.5 Å². The summed E-state index contributed by atoms with van der Waals surface area (Å²) >= 11 is 0. The van der Waals surface area contributed by atoms with E-state index in [0.29, 0.717) is 22.9 Å². The van der Waals surface area contributed by atoms with E-state index in [0.717, 1.165) is 0 Å². The minimum Gasteiger partial charge on any atom is -0.483 e. The summed E-state index contributed by atoms with van der Waals surface area (Å²) in [5.74, 6) is 1.10. The molecule has 1 amide bonds. The molecule has 0 spiro atoms. The van der Waals surface area contributed by atoms with E-state index >= 15 is 0 Å². The first-order chi connectivity index (χ1) is 15.3. The number of hydrogen-bond acceptors (Lipinski definition) is 5. The number of aromatic nitrogens is 1. The summed E-state index contributed by atoms with van der Waals surface area (Å²) in [5, 5.41) is 2.72. The average Bonchev–Trinajstić information content (AvgIpc) is 2.77. The van der Waals surface area contributed by atoms with Gasteiger partial charge in [-0.3, -0.25) is 9.78 Å². The van der Waals surface area contributed by atoms with Crippen LogP contribution in [0.3, 0.4) is 0 Å². The third-order valence-corrected chi connectivity index (χ3v) is 4.16. The standard InChI is InChI=1S/C23H21F3N2O4/c1-16(19-12-11-18(13-27-19)31-15-23(24,25)26)28-22(29)14-30-20-9-5-6-10-21(20)32-17-7-3-2-4-8-17/h2-13,16H,14-15H2,1H3,(H,28,29)/t16-/m1/s1. The molecule has 1 atom stereocenters. The third kappa shape index (κ3) is 7.19. The van der Waals surface area contributed by atoms with E-state index in [1.165, 1.54) is 18.3 Å². The van der Waals surface area contributed by atoms with Crippen LogP contribution < -0.4 is 19.5 Å². The van der Waals surface area contributed by atoms with Gasteiger partial charge in [-0.05, 0) is 43.3 Å². The molecule has 3 rings (SSSR count). The SMILES string of the molecule is C[C@@H](NC(=O)COc1ccccc1Oc1ccccc1)c1ccc(OCC(F)(F)F)cn1. The molecule has 0 bridgehead atoms. The van der Waals surface area contributed by atoms with E-state index in [2.05, 4.69) is 15.0 Å². The van der Waals surface area contributed by atoms with Gasteiger partial charge in [0.05, 0.1) is 17.9 Å². The van der Waals surface area contributed by atoms with E-state index in [-0.39, 0.29) is 12.4 Å². The molecule has 168 valence electrons. The van der Waals surface area contributed by atoms with Gasteiger partial charge >= 0.3 is 6.18 Å². The second-order valence-electron chi connectivity index (χ2n) is 6.76. The largest absolute Gasteiger partial charge is 0.483 e. The number of nitrogens with one attached hydrogen (secondary N) is 1. The molecular formula is C23H21F3N2O4. The second-order valence-corrected chi connectivity index (χ2v) is 6.76. The molecule has 6 nitrogen and oxygen atoms in total. The predicted octanol–water partition coefficient (Wildman–Crippen LogP) is 5.07. The Morgan fingerprint density at radius 3 is 2.28 bits per heavy atom. The fraction of sp³-hybridized carbons (Fsp3) is 0.217. The van der Waals surface area contributed by atoms with E-state index < -0.39 is 24.7 Å². The van der Waals surface area contributed by atoms with Gasteiger partial charge in [0.1, 0.15) is 11.5 Å². The van der Waals surface area contributed by atoms with Crippen LogP contribution in [0.1, 0.15) is 18.7 Å². The van der Waals surface area contributed by atoms with Crippen molar-refractivity contribution in [1.82, 2.24) is 10.3 Å². The summed E-state index contributed by atoms with van der Waals surface area (Å²) in [6.07, 6.45) is -3.25. The minimum atomic E-state index is -4.43. The van der Waals surface area contributed by atoms with Crippen LogP contribution in [0.4, 0.5) is 13.2 Å². The highest BCUT2D eigenvalue weighted by Gasteiger charge is 2.28. The Morgan fingerprint density at radius 2 is 1.62 bits per heavy atom. The van der Waals surface area contributed by atoms with Gasteiger partial charge in [-0.1, -0.05) is 30.3 Å². The first-order valence-electron chi connectivity index (χ1n) is 9.70. The molecule has 0 radical (unpaired) electrons. The van der Waals surface area contributed by atoms with Crippen LogP contribution in [0, 0.1) is 0 Å². The molecule has 32 heavy (non-hydrogen) atoms. The number of rotatable bonds is 9. The van der Waals surface area contributed by atoms with Gasteiger partial charge in [0.25, 0.3) is 5.91 Å². The van der Waals surface area contributed by atoms with Crippen molar-refractivity contribution in [3.05, 3.63) is 78.6 Å². The van der Waals surface area contributed by atoms with E-state index in [4.69, 9.17) is 9.47 Å². The summed E-state index contributed by atoms with van der Waals surface area (Å²) < 4.78 is 52.6. The van der Waals surface area contributed by atoms with Crippen molar-refractivity contribution in [3.8, 4) is 23.0 Å². The Kier molecular flexibility index (Phi) is 7.54. The molecule has 0 saturated carbocycles. The number of carbonyl (C=O) groups is 1. The van der Waals surface area contributed by atoms with Crippen molar-refractivity contribution >= 4 is 5.91 Å². The lowest BCUT2D eigenvalue weighted by atomic mass is 10.2. The van der Waals surface area contributed by atoms with Crippen LogP contribution in [-0.2, 0) is 4.79 Å². The number of para-hydroxylation sites is 3. The first-order valence-corrected chi connectivity index (χ1v) is 9.70. The fourth-order valence-corrected chi connectivity index (χ4v) is 2.67. The molecule has 0 unspecified atom stereocenters. The maximum atomic E-state index is 12.3. The summed E-state index contributed by atoms with van der Waals surface area (Å²) in [7, 11) is 0. The fourth-order valence-electron chi connectivity index (χ4n) is 2.67. The van der Waals surface area contributed by atoms with Crippen LogP contribution in [0.15, 0.2) is 72.9 Å². The lowest BCUT2D eigenvalue weighted by Crippen LogP contribution is -2.31. The number of amides is 1. The first kappa shape index (κ1) is 22.9. The molecular weight excluding hydrogens is 425 g/mol. The number of pyridine rings is 1. The van der Waals surface area contributed by atoms with Crippen molar-refractivity contribution in [3.63, 3.8) is 0 Å². The van der Waals surface area contributed by atoms with Crippen LogP contribution in [0.25, 0.3) is 0 Å². The zero-order chi connectivity index (χ0) is 23.0. The van der Waals surface area contributed by atoms with E-state index in [9.17, 15) is 18.0 Å². The zero-order valence-corrected chi connectivity index (χ0v) is 17.1. The number of carbonyl (C=O) groups excluding carboxylic acids is 1. The summed E-state index contributed by atoms with van der Waals surface area (Å²) in [6, 6.07) is 18.5. The molecule has 0 saturated heterocycles. The van der Waals surface area contributed by atoms with Gasteiger partial charge in [0.2, 0.25) is 0 Å². The molecule has 3 aromatic rings. The predicted molar refractivity (Wildman–Crippen MR) is 111 cm³/mol. The van der Waals surface area contributed by atoms with Gasteiger partial charge in [-0.15, -0.1) is 0 Å². The highest BCUT2D eigenvalue weighted by Crippen LogP contribution is 2.31. The summed E-state index contributed by atoms with van der Waals surface area (Å²) in [5.41, 5.74) is 0.463. The van der Waals surface area contributed by atoms with Gasteiger partial charge in [-0.25, -0.2) is 0 Å². The quantitative estimate of drug-likeness (QED) is 0.497. The van der Waals surface area contributed by atoms with Crippen molar-refractivity contribution in [1.29, 1.82) is 0 Å². The van der Waals surface area contributed by atoms with Crippen LogP contribution in [-0.4, -0.2) is 30.3 Å². The smallest absolute Gasteiger partial charge is 0.422 e. The Balaban J connectivity index is 1.52. The van der Waals surface area contributed by atoms with Crippen LogP contribution in [0.2, 0.25) is 0 Å². The number of benzene rings is 2. The normalized spacial score (nSPS) is 12.0. The highest BCUT2D eigenvalue weighted by molar-refractivity contribution is 5.78. The molecule has 2 aromatic carbocycles. The van der Waals surface area contributed by atoms with E-state index in [1.54, 1.807) is 43.3 Å². The monoisotopic (exact) mass is 446 g/mol. The second kappa shape index (κ2) is 10.5. The lowest BCUT2D eigenvalue weighted by Gasteiger charge is -2.16. The van der Waals surface area contributed by atoms with Gasteiger partial charge in [0.15, 0.2) is 24.7 Å². The number of hydrogen-bond donors (Lipinski definition) is 1. The van der Waals surface area contributed by atoms with Gasteiger partial charge in [0, 0.05) is 0 Å². The molecule has 9 heteroatoms. The van der Waals surface area contributed by atoms with Crippen molar-refractivity contribution < 1.29 is 32.2 Å². The Bertz CT molecular complexity index is 1010. The summed E-state index contributed by atoms with van der Waals surface area (Å²) in [6.45, 7) is 0.0440. The van der Waals surface area contributed by atoms with Crippen LogP contribution >= 0.6 is 0 Å². The van der Waals surface area contributed by atoms with Crippen molar-refractivity contribution in [2.24, 2.45) is 0 Å². The number of alkyl halides is 3. The maximum Gasteiger partial charge on any atom is 0.422 e. The third-order valence-electron chi connectivity index (χ3n) is 4.16. The molecule has 0 aliphatic heterocycles. The number of halogens is 3. The average molecular weight is 446 g/mol. The Hall–Kier alpha value is -3.75. The summed E-state index contributed by atoms with van der Waals surface area (Å²) in [4.78, 5) is 16.3. The Morgan fingerprint density at radius 1 is 0.938 bits per heavy atom. The topological polar surface area (TPSA) is 69.7 Å². The lowest BCUT2D eigenvalue weighted by molar-refractivity contribution is -0.153. The molecule has 0 aliphatic carbocycles. The molecule has 1 aromatic heterocycles. The minimum absolute atomic E-state index is 0.0112. The Labute approximate surface area is 183 Å². The van der Waals surface area contributed by atoms with Crippen molar-refractivity contribution in [2.45, 2.75) is 19.1 Å². The highest BCUT2D eigenvalue weighted by atomic mass is 19.4. The molecule has 0 aliphatic rings. The number of nitrogens with zero attached hydrogens (tertiary/aromatic N) is 1. The maximum absolute atomic E-state index is 12.3. The van der Waals surface area contributed by atoms with E-state index in [1.807, 2.05) is 18.2 Å². The molecule has 1 heterocycles. The van der Waals surface area contributed by atoms with Gasteiger partial charge in [-0.2, -0.15) is 13.2 Å². The molecule has 1 N–H and O–H groups in total. The van der Waals surface area contributed by atoms with Crippen molar-refractivity contribution in [2.75, 3.05) is 13.2 Å². The zero-order valence-electron chi connectivity index (χ0n) is 17.1.